The van der Waals surface area contributed by atoms with Crippen LogP contribution in [-0.4, -0.2) is 61.3 Å². The van der Waals surface area contributed by atoms with E-state index in [0.29, 0.717) is 42.8 Å². The van der Waals surface area contributed by atoms with Crippen LogP contribution in [0.15, 0.2) is 22.7 Å². The lowest BCUT2D eigenvalue weighted by atomic mass is 9.87. The number of hydrogen-bond acceptors (Lipinski definition) is 8. The fourth-order valence-corrected chi connectivity index (χ4v) is 5.11. The molecule has 3 aromatic rings. The van der Waals surface area contributed by atoms with Crippen LogP contribution in [0, 0.1) is 11.7 Å². The van der Waals surface area contributed by atoms with Gasteiger partial charge >= 0.3 is 0 Å². The zero-order chi connectivity index (χ0) is 25.7. The number of rotatable bonds is 7. The summed E-state index contributed by atoms with van der Waals surface area (Å²) in [5.41, 5.74) is 0.431. The summed E-state index contributed by atoms with van der Waals surface area (Å²) in [6.07, 6.45) is 5.99. The summed E-state index contributed by atoms with van der Waals surface area (Å²) in [6, 6.07) is 2.61. The summed E-state index contributed by atoms with van der Waals surface area (Å²) in [5, 5.41) is 18.1. The quantitative estimate of drug-likeness (QED) is 0.495. The van der Waals surface area contributed by atoms with E-state index in [-0.39, 0.29) is 46.5 Å². The number of H-pyrrole nitrogens is 1. The Kier molecular flexibility index (Phi) is 5.68. The van der Waals surface area contributed by atoms with Crippen molar-refractivity contribution in [2.75, 3.05) is 13.7 Å². The zero-order valence-corrected chi connectivity index (χ0v) is 20.7. The molecule has 1 spiro atoms. The number of nitrogens with zero attached hydrogens (tertiary/aromatic N) is 5. The lowest BCUT2D eigenvalue weighted by molar-refractivity contribution is -0.128. The average molecular weight is 510 g/mol. The summed E-state index contributed by atoms with van der Waals surface area (Å²) >= 11 is 0. The van der Waals surface area contributed by atoms with Gasteiger partial charge < -0.3 is 19.4 Å². The largest absolute Gasteiger partial charge is 0.481 e. The SMILES string of the molecule is COc1cc(-c2cc(C(=O)N3CC[C@H](C(=O)N[C@@H](C)c4nnc(C5CC5)o4)CC34CC4)n[nH]2)c(F)cn1. The highest BCUT2D eigenvalue weighted by atomic mass is 19.1. The molecule has 3 aromatic heterocycles. The lowest BCUT2D eigenvalue weighted by Gasteiger charge is -2.39. The second-order valence-corrected chi connectivity index (χ2v) is 10.2. The molecule has 0 unspecified atom stereocenters. The third-order valence-electron chi connectivity index (χ3n) is 7.58. The van der Waals surface area contributed by atoms with Crippen molar-refractivity contribution < 1.29 is 23.1 Å². The summed E-state index contributed by atoms with van der Waals surface area (Å²) in [6.45, 7) is 2.28. The minimum absolute atomic E-state index is 0.0683. The molecule has 1 saturated heterocycles. The van der Waals surface area contributed by atoms with Crippen LogP contribution in [0.25, 0.3) is 11.3 Å². The van der Waals surface area contributed by atoms with E-state index in [2.05, 4.69) is 30.7 Å². The number of aromatic amines is 1. The Labute approximate surface area is 212 Å². The van der Waals surface area contributed by atoms with Gasteiger partial charge in [0.2, 0.25) is 23.6 Å². The second-order valence-electron chi connectivity index (χ2n) is 10.2. The van der Waals surface area contributed by atoms with Gasteiger partial charge in [0.05, 0.1) is 19.0 Å². The smallest absolute Gasteiger partial charge is 0.274 e. The molecule has 2 amide bonds. The average Bonchev–Trinajstić information content (AvgIpc) is 3.78. The molecule has 2 aliphatic carbocycles. The number of aromatic nitrogens is 5. The molecule has 2 saturated carbocycles. The normalized spacial score (nSPS) is 21.1. The van der Waals surface area contributed by atoms with Crippen LogP contribution in [0.3, 0.4) is 0 Å². The van der Waals surface area contributed by atoms with Gasteiger partial charge in [-0.15, -0.1) is 10.2 Å². The Bertz CT molecular complexity index is 1350. The maximum Gasteiger partial charge on any atom is 0.274 e. The van der Waals surface area contributed by atoms with Crippen molar-refractivity contribution in [1.82, 2.24) is 35.6 Å². The molecular weight excluding hydrogens is 481 g/mol. The molecule has 3 aliphatic rings. The van der Waals surface area contributed by atoms with Crippen molar-refractivity contribution in [3.8, 4) is 17.1 Å². The van der Waals surface area contributed by atoms with Gasteiger partial charge in [0.1, 0.15) is 6.04 Å². The van der Waals surface area contributed by atoms with E-state index >= 15 is 0 Å². The minimum atomic E-state index is -0.549. The van der Waals surface area contributed by atoms with Gasteiger partial charge in [-0.05, 0) is 51.5 Å². The van der Waals surface area contributed by atoms with Gasteiger partial charge in [-0.1, -0.05) is 0 Å². The number of ether oxygens (including phenoxy) is 1. The molecule has 6 rings (SSSR count). The van der Waals surface area contributed by atoms with Gasteiger partial charge in [-0.25, -0.2) is 9.37 Å². The Morgan fingerprint density at radius 2 is 2.08 bits per heavy atom. The first-order valence-corrected chi connectivity index (χ1v) is 12.6. The van der Waals surface area contributed by atoms with Crippen molar-refractivity contribution in [1.29, 1.82) is 0 Å². The van der Waals surface area contributed by atoms with Crippen LogP contribution in [-0.2, 0) is 4.79 Å². The summed E-state index contributed by atoms with van der Waals surface area (Å²) in [5.74, 6) is 0.619. The van der Waals surface area contributed by atoms with E-state index < -0.39 is 5.82 Å². The first-order chi connectivity index (χ1) is 17.9. The summed E-state index contributed by atoms with van der Waals surface area (Å²) in [4.78, 5) is 32.1. The monoisotopic (exact) mass is 509 g/mol. The first-order valence-electron chi connectivity index (χ1n) is 12.6. The van der Waals surface area contributed by atoms with E-state index in [0.717, 1.165) is 31.9 Å². The van der Waals surface area contributed by atoms with Crippen LogP contribution in [0.2, 0.25) is 0 Å². The van der Waals surface area contributed by atoms with Gasteiger partial charge in [-0.2, -0.15) is 5.10 Å². The Morgan fingerprint density at radius 3 is 2.81 bits per heavy atom. The molecule has 0 bridgehead atoms. The number of carbonyl (C=O) groups is 2. The third-order valence-corrected chi connectivity index (χ3v) is 7.58. The Morgan fingerprint density at radius 1 is 1.27 bits per heavy atom. The number of methoxy groups -OCH3 is 1. The maximum absolute atomic E-state index is 14.3. The number of pyridine rings is 1. The maximum atomic E-state index is 14.3. The molecular formula is C25H28FN7O4. The van der Waals surface area contributed by atoms with Gasteiger partial charge in [0.15, 0.2) is 11.5 Å². The highest BCUT2D eigenvalue weighted by molar-refractivity contribution is 5.94. The third kappa shape index (κ3) is 4.44. The fraction of sp³-hybridized carbons (Fsp3) is 0.520. The van der Waals surface area contributed by atoms with E-state index in [4.69, 9.17) is 9.15 Å². The lowest BCUT2D eigenvalue weighted by Crippen LogP contribution is -2.51. The number of hydrogen-bond donors (Lipinski definition) is 2. The Balaban J connectivity index is 1.11. The molecule has 2 atom stereocenters. The van der Waals surface area contributed by atoms with Crippen molar-refractivity contribution >= 4 is 11.8 Å². The predicted octanol–water partition coefficient (Wildman–Crippen LogP) is 3.14. The molecule has 11 nitrogen and oxygen atoms in total. The molecule has 1 aliphatic heterocycles. The van der Waals surface area contributed by atoms with Crippen molar-refractivity contribution in [3.05, 3.63) is 41.6 Å². The van der Waals surface area contributed by atoms with Crippen molar-refractivity contribution in [2.24, 2.45) is 5.92 Å². The van der Waals surface area contributed by atoms with Crippen LogP contribution < -0.4 is 10.1 Å². The van der Waals surface area contributed by atoms with Crippen molar-refractivity contribution in [3.63, 3.8) is 0 Å². The number of piperidine rings is 1. The molecule has 12 heteroatoms. The van der Waals surface area contributed by atoms with Crippen LogP contribution in [0.1, 0.15) is 79.7 Å². The van der Waals surface area contributed by atoms with E-state index in [1.165, 1.54) is 19.2 Å². The number of amides is 2. The van der Waals surface area contributed by atoms with Crippen molar-refractivity contribution in [2.45, 2.75) is 62.9 Å². The highest BCUT2D eigenvalue weighted by Gasteiger charge is 2.54. The molecule has 0 aromatic carbocycles. The molecule has 194 valence electrons. The second kappa shape index (κ2) is 8.93. The number of nitrogens with one attached hydrogen (secondary N) is 2. The van der Waals surface area contributed by atoms with E-state index in [9.17, 15) is 14.0 Å². The highest BCUT2D eigenvalue weighted by Crippen LogP contribution is 2.50. The number of carbonyl (C=O) groups excluding carboxylic acids is 2. The van der Waals surface area contributed by atoms with Gasteiger partial charge in [-0.3, -0.25) is 14.7 Å². The fourth-order valence-electron chi connectivity index (χ4n) is 5.11. The van der Waals surface area contributed by atoms with E-state index in [1.807, 2.05) is 11.8 Å². The molecule has 2 N–H and O–H groups in total. The minimum Gasteiger partial charge on any atom is -0.481 e. The zero-order valence-electron chi connectivity index (χ0n) is 20.7. The molecule has 0 radical (unpaired) electrons. The van der Waals surface area contributed by atoms with Gasteiger partial charge in [0, 0.05) is 35.5 Å². The van der Waals surface area contributed by atoms with Gasteiger partial charge in [0.25, 0.3) is 5.91 Å². The number of halogens is 1. The summed E-state index contributed by atoms with van der Waals surface area (Å²) < 4.78 is 25.1. The van der Waals surface area contributed by atoms with Crippen LogP contribution >= 0.6 is 0 Å². The van der Waals surface area contributed by atoms with Crippen LogP contribution in [0.4, 0.5) is 4.39 Å². The Hall–Kier alpha value is -3.83. The predicted molar refractivity (Wildman–Crippen MR) is 127 cm³/mol. The summed E-state index contributed by atoms with van der Waals surface area (Å²) in [7, 11) is 1.45. The molecule has 3 fully saturated rings. The standard InChI is InChI=1S/C25H28FN7O4/c1-13(22-31-32-23(37-22)14-3-4-14)28-21(34)15-5-8-33(25(11-15)6-7-25)24(35)19-10-18(29-30-19)16-9-20(36-2)27-12-17(16)26/h9-10,12-15H,3-8,11H2,1-2H3,(H,28,34)(H,29,30)/t13-,15-/m0/s1. The first kappa shape index (κ1) is 23.6. The number of likely N-dealkylation sites (tertiary alicyclic amines) is 1. The van der Waals surface area contributed by atoms with E-state index in [1.54, 1.807) is 0 Å². The topological polar surface area (TPSA) is 139 Å². The van der Waals surface area contributed by atoms with Crippen LogP contribution in [0.5, 0.6) is 5.88 Å². The molecule has 37 heavy (non-hydrogen) atoms. The molecule has 4 heterocycles.